The smallest absolute Gasteiger partial charge is 0.294 e. The van der Waals surface area contributed by atoms with Gasteiger partial charge in [0.05, 0.1) is 30.5 Å². The molecule has 8 nitrogen and oxygen atoms in total. The quantitative estimate of drug-likeness (QED) is 0.404. The topological polar surface area (TPSA) is 90.4 Å². The second kappa shape index (κ2) is 9.99. The first-order valence-electron chi connectivity index (χ1n) is 9.79. The molecule has 0 aromatic heterocycles. The number of nitrogens with one attached hydrogen (secondary N) is 2. The highest BCUT2D eigenvalue weighted by atomic mass is 16.6. The molecule has 0 aliphatic carbocycles. The first kappa shape index (κ1) is 20.8. The number of anilines is 1. The first-order chi connectivity index (χ1) is 14.1. The number of morpholine rings is 1. The molecule has 1 fully saturated rings. The molecule has 3 rings (SSSR count). The maximum atomic E-state index is 11.2. The Morgan fingerprint density at radius 3 is 2.76 bits per heavy atom. The predicted molar refractivity (Wildman–Crippen MR) is 112 cm³/mol. The van der Waals surface area contributed by atoms with Crippen molar-refractivity contribution in [1.29, 1.82) is 0 Å². The van der Waals surface area contributed by atoms with Crippen molar-refractivity contribution in [1.82, 2.24) is 0 Å². The van der Waals surface area contributed by atoms with Crippen LogP contribution in [0.3, 0.4) is 0 Å². The van der Waals surface area contributed by atoms with Crippen LogP contribution in [0.2, 0.25) is 0 Å². The van der Waals surface area contributed by atoms with Gasteiger partial charge in [0.1, 0.15) is 31.1 Å². The van der Waals surface area contributed by atoms with Crippen LogP contribution in [-0.4, -0.2) is 43.5 Å². The van der Waals surface area contributed by atoms with Crippen LogP contribution in [0.1, 0.15) is 25.0 Å². The fourth-order valence-corrected chi connectivity index (χ4v) is 3.28. The average molecular weight is 399 g/mol. The zero-order valence-electron chi connectivity index (χ0n) is 16.8. The Bertz CT molecular complexity index is 879. The van der Waals surface area contributed by atoms with E-state index in [0.29, 0.717) is 12.3 Å². The van der Waals surface area contributed by atoms with Gasteiger partial charge in [-0.1, -0.05) is 12.1 Å². The molecule has 0 radical (unpaired) electrons. The lowest BCUT2D eigenvalue weighted by molar-refractivity contribution is -0.921. The summed E-state index contributed by atoms with van der Waals surface area (Å²) in [6.07, 6.45) is 0. The van der Waals surface area contributed by atoms with Crippen molar-refractivity contribution in [3.8, 4) is 5.75 Å². The van der Waals surface area contributed by atoms with Crippen LogP contribution >= 0.6 is 0 Å². The number of hydrazone groups is 1. The van der Waals surface area contributed by atoms with Gasteiger partial charge in [0.2, 0.25) is 0 Å². The minimum atomic E-state index is -0.423. The highest BCUT2D eigenvalue weighted by Crippen LogP contribution is 2.24. The Hall–Kier alpha value is -2.97. The van der Waals surface area contributed by atoms with Crippen molar-refractivity contribution in [3.63, 3.8) is 0 Å². The summed E-state index contributed by atoms with van der Waals surface area (Å²) in [4.78, 5) is 12.2. The van der Waals surface area contributed by atoms with Crippen LogP contribution in [0.5, 0.6) is 5.75 Å². The van der Waals surface area contributed by atoms with Crippen molar-refractivity contribution >= 4 is 17.1 Å². The summed E-state index contributed by atoms with van der Waals surface area (Å²) in [5.74, 6) is 0.884. The molecular formula is C21H27N4O4+. The summed E-state index contributed by atoms with van der Waals surface area (Å²) >= 11 is 0. The van der Waals surface area contributed by atoms with Crippen LogP contribution in [0.15, 0.2) is 47.6 Å². The van der Waals surface area contributed by atoms with Crippen LogP contribution in [0, 0.1) is 10.1 Å². The summed E-state index contributed by atoms with van der Waals surface area (Å²) in [5.41, 5.74) is 5.99. The Balaban J connectivity index is 1.80. The van der Waals surface area contributed by atoms with E-state index in [0.717, 1.165) is 55.4 Å². The Kier molecular flexibility index (Phi) is 7.15. The van der Waals surface area contributed by atoms with E-state index in [9.17, 15) is 10.1 Å². The van der Waals surface area contributed by atoms with E-state index >= 15 is 0 Å². The zero-order chi connectivity index (χ0) is 20.6. The third-order valence-corrected chi connectivity index (χ3v) is 4.86. The van der Waals surface area contributed by atoms with E-state index in [1.165, 1.54) is 11.0 Å². The predicted octanol–water partition coefficient (Wildman–Crippen LogP) is 2.24. The number of nitro groups is 1. The number of nitro benzene ring substituents is 1. The van der Waals surface area contributed by atoms with E-state index in [1.54, 1.807) is 18.2 Å². The van der Waals surface area contributed by atoms with Crippen LogP contribution < -0.4 is 15.1 Å². The number of rotatable bonds is 8. The van der Waals surface area contributed by atoms with E-state index in [4.69, 9.17) is 9.47 Å². The fourth-order valence-electron chi connectivity index (χ4n) is 3.28. The molecule has 0 atom stereocenters. The number of hydrogen-bond donors (Lipinski definition) is 2. The highest BCUT2D eigenvalue weighted by Gasteiger charge is 2.18. The molecular weight excluding hydrogens is 372 g/mol. The standard InChI is InChI=1S/C21H26N4O4/c1-3-29-21-9-8-17(14-18(21)15-24-10-12-28-13-11-24)16(2)22-23-19-6-4-5-7-20(19)25(26)27/h4-9,14,23H,3,10-13,15H2,1-2H3/p+1/b22-16-. The molecule has 1 aliphatic heterocycles. The van der Waals surface area contributed by atoms with Crippen LogP contribution in [0.4, 0.5) is 11.4 Å². The molecule has 2 aromatic rings. The molecule has 1 heterocycles. The van der Waals surface area contributed by atoms with E-state index in [1.807, 2.05) is 26.0 Å². The van der Waals surface area contributed by atoms with Gasteiger partial charge in [-0.05, 0) is 43.7 Å². The largest absolute Gasteiger partial charge is 0.493 e. The van der Waals surface area contributed by atoms with Crippen molar-refractivity contribution in [2.24, 2.45) is 5.10 Å². The first-order valence-corrected chi connectivity index (χ1v) is 9.79. The molecule has 29 heavy (non-hydrogen) atoms. The monoisotopic (exact) mass is 399 g/mol. The Labute approximate surface area is 170 Å². The van der Waals surface area contributed by atoms with Crippen LogP contribution in [-0.2, 0) is 11.3 Å². The van der Waals surface area contributed by atoms with E-state index < -0.39 is 4.92 Å². The molecule has 8 heteroatoms. The van der Waals surface area contributed by atoms with Crippen molar-refractivity contribution < 1.29 is 19.3 Å². The van der Waals surface area contributed by atoms with E-state index in [-0.39, 0.29) is 5.69 Å². The molecule has 2 aromatic carbocycles. The third-order valence-electron chi connectivity index (χ3n) is 4.86. The van der Waals surface area contributed by atoms with Gasteiger partial charge in [-0.25, -0.2) is 0 Å². The lowest BCUT2D eigenvalue weighted by atomic mass is 10.1. The van der Waals surface area contributed by atoms with Crippen molar-refractivity contribution in [2.45, 2.75) is 20.4 Å². The van der Waals surface area contributed by atoms with Gasteiger partial charge in [0.15, 0.2) is 0 Å². The Morgan fingerprint density at radius 1 is 1.28 bits per heavy atom. The second-order valence-electron chi connectivity index (χ2n) is 6.88. The molecule has 154 valence electrons. The van der Waals surface area contributed by atoms with Gasteiger partial charge in [-0.15, -0.1) is 0 Å². The summed E-state index contributed by atoms with van der Waals surface area (Å²) < 4.78 is 11.3. The lowest BCUT2D eigenvalue weighted by Crippen LogP contribution is -3.12. The SMILES string of the molecule is CCOc1ccc(/C(C)=N\Nc2ccccc2[N+](=O)[O-])cc1C[NH+]1CCOCC1. The minimum Gasteiger partial charge on any atom is -0.493 e. The molecule has 0 bridgehead atoms. The minimum absolute atomic E-state index is 0.00708. The molecule has 0 unspecified atom stereocenters. The van der Waals surface area contributed by atoms with Gasteiger partial charge in [0, 0.05) is 11.6 Å². The van der Waals surface area contributed by atoms with E-state index in [2.05, 4.69) is 16.6 Å². The average Bonchev–Trinajstić information content (AvgIpc) is 2.74. The molecule has 0 amide bonds. The van der Waals surface area contributed by atoms with Crippen molar-refractivity contribution in [2.75, 3.05) is 38.3 Å². The third kappa shape index (κ3) is 5.52. The molecule has 1 saturated heterocycles. The molecule has 0 saturated carbocycles. The van der Waals surface area contributed by atoms with Gasteiger partial charge in [0.25, 0.3) is 5.69 Å². The molecule has 1 aliphatic rings. The molecule has 0 spiro atoms. The summed E-state index contributed by atoms with van der Waals surface area (Å²) in [5, 5.41) is 15.5. The van der Waals surface area contributed by atoms with Gasteiger partial charge >= 0.3 is 0 Å². The summed E-state index contributed by atoms with van der Waals surface area (Å²) in [6, 6.07) is 12.5. The fraction of sp³-hybridized carbons (Fsp3) is 0.381. The number of hydrogen-bond acceptors (Lipinski definition) is 6. The Morgan fingerprint density at radius 2 is 2.03 bits per heavy atom. The summed E-state index contributed by atoms with van der Waals surface area (Å²) in [6.45, 7) is 8.82. The maximum Gasteiger partial charge on any atom is 0.294 e. The lowest BCUT2D eigenvalue weighted by Gasteiger charge is -2.24. The zero-order valence-corrected chi connectivity index (χ0v) is 16.8. The number of quaternary nitrogens is 1. The van der Waals surface area contributed by atoms with Crippen molar-refractivity contribution in [3.05, 3.63) is 63.7 Å². The van der Waals surface area contributed by atoms with Crippen LogP contribution in [0.25, 0.3) is 0 Å². The number of ether oxygens (including phenoxy) is 2. The molecule has 2 N–H and O–H groups in total. The number of benzene rings is 2. The highest BCUT2D eigenvalue weighted by molar-refractivity contribution is 5.99. The van der Waals surface area contributed by atoms with Gasteiger partial charge < -0.3 is 14.4 Å². The second-order valence-corrected chi connectivity index (χ2v) is 6.88. The van der Waals surface area contributed by atoms with Gasteiger partial charge in [-0.3, -0.25) is 15.5 Å². The maximum absolute atomic E-state index is 11.2. The summed E-state index contributed by atoms with van der Waals surface area (Å²) in [7, 11) is 0. The van der Waals surface area contributed by atoms with Gasteiger partial charge in [-0.2, -0.15) is 5.10 Å². The number of para-hydroxylation sites is 2. The normalized spacial score (nSPS) is 15.2. The number of nitrogens with zero attached hydrogens (tertiary/aromatic N) is 2.